The van der Waals surface area contributed by atoms with E-state index in [0.717, 1.165) is 31.7 Å². The van der Waals surface area contributed by atoms with Gasteiger partial charge in [0.05, 0.1) is 16.6 Å². The smallest absolute Gasteiger partial charge is 0.312 e. The lowest BCUT2D eigenvalue weighted by molar-refractivity contribution is -0.157. The molecule has 0 bridgehead atoms. The van der Waals surface area contributed by atoms with Gasteiger partial charge in [-0.25, -0.2) is 4.39 Å². The molecule has 1 aliphatic heterocycles. The molecule has 0 unspecified atom stereocenters. The van der Waals surface area contributed by atoms with Crippen molar-refractivity contribution in [3.63, 3.8) is 0 Å². The zero-order chi connectivity index (χ0) is 19.6. The summed E-state index contributed by atoms with van der Waals surface area (Å²) in [7, 11) is 0. The molecule has 2 aliphatic rings. The molecule has 6 nitrogen and oxygen atoms in total. The molecule has 0 radical (unpaired) electrons. The summed E-state index contributed by atoms with van der Waals surface area (Å²) >= 11 is 5.88. The van der Waals surface area contributed by atoms with Crippen LogP contribution >= 0.6 is 11.6 Å². The Labute approximate surface area is 162 Å². The number of nitrogens with one attached hydrogen (secondary N) is 1. The Morgan fingerprint density at radius 3 is 2.70 bits per heavy atom. The quantitative estimate of drug-likeness (QED) is 0.776. The zero-order valence-corrected chi connectivity index (χ0v) is 15.8. The third-order valence-electron chi connectivity index (χ3n) is 5.11. The summed E-state index contributed by atoms with van der Waals surface area (Å²) < 4.78 is 18.3. The van der Waals surface area contributed by atoms with E-state index in [0.29, 0.717) is 6.54 Å². The molecule has 1 N–H and O–H groups in total. The van der Waals surface area contributed by atoms with Crippen LogP contribution in [0.1, 0.15) is 39.0 Å². The summed E-state index contributed by atoms with van der Waals surface area (Å²) in [5, 5.41) is 2.55. The average molecular weight is 397 g/mol. The van der Waals surface area contributed by atoms with Gasteiger partial charge in [0.15, 0.2) is 6.10 Å². The van der Waals surface area contributed by atoms with Crippen molar-refractivity contribution in [2.45, 2.75) is 51.2 Å². The molecule has 0 spiro atoms. The summed E-state index contributed by atoms with van der Waals surface area (Å²) in [4.78, 5) is 38.6. The van der Waals surface area contributed by atoms with Gasteiger partial charge in [-0.3, -0.25) is 14.4 Å². The summed E-state index contributed by atoms with van der Waals surface area (Å²) in [6.45, 7) is 1.79. The lowest BCUT2D eigenvalue weighted by Gasteiger charge is -2.24. The molecule has 1 saturated carbocycles. The predicted octanol–water partition coefficient (Wildman–Crippen LogP) is 3.14. The normalized spacial score (nSPS) is 21.4. The van der Waals surface area contributed by atoms with E-state index in [2.05, 4.69) is 5.32 Å². The van der Waals surface area contributed by atoms with Crippen LogP contribution in [-0.2, 0) is 19.1 Å². The molecule has 1 heterocycles. The van der Waals surface area contributed by atoms with Gasteiger partial charge in [-0.1, -0.05) is 24.4 Å². The molecule has 3 rings (SSSR count). The molecule has 1 aromatic carbocycles. The van der Waals surface area contributed by atoms with E-state index in [-0.39, 0.29) is 29.1 Å². The number of rotatable bonds is 5. The zero-order valence-electron chi connectivity index (χ0n) is 15.0. The number of nitrogens with zero attached hydrogens (tertiary/aromatic N) is 1. The van der Waals surface area contributed by atoms with Gasteiger partial charge in [0.25, 0.3) is 5.91 Å². The minimum absolute atomic E-state index is 0.0287. The topological polar surface area (TPSA) is 75.7 Å². The van der Waals surface area contributed by atoms with Gasteiger partial charge in [0.1, 0.15) is 5.82 Å². The molecule has 2 atom stereocenters. The van der Waals surface area contributed by atoms with Crippen LogP contribution in [0.25, 0.3) is 0 Å². The molecule has 2 fully saturated rings. The fourth-order valence-corrected chi connectivity index (χ4v) is 3.82. The number of amides is 2. The second-order valence-corrected chi connectivity index (χ2v) is 7.49. The highest BCUT2D eigenvalue weighted by molar-refractivity contribution is 6.33. The van der Waals surface area contributed by atoms with Crippen molar-refractivity contribution in [3.8, 4) is 0 Å². The third-order valence-corrected chi connectivity index (χ3v) is 5.42. The van der Waals surface area contributed by atoms with Crippen LogP contribution in [0.15, 0.2) is 18.2 Å². The van der Waals surface area contributed by atoms with Crippen LogP contribution in [0.4, 0.5) is 10.1 Å². The Hall–Kier alpha value is -2.15. The molecule has 27 heavy (non-hydrogen) atoms. The monoisotopic (exact) mass is 396 g/mol. The second-order valence-electron chi connectivity index (χ2n) is 7.08. The van der Waals surface area contributed by atoms with Crippen molar-refractivity contribution in [2.24, 2.45) is 5.92 Å². The first-order valence-corrected chi connectivity index (χ1v) is 9.49. The van der Waals surface area contributed by atoms with Gasteiger partial charge in [0, 0.05) is 19.0 Å². The second kappa shape index (κ2) is 8.25. The maximum atomic E-state index is 13.1. The highest BCUT2D eigenvalue weighted by Gasteiger charge is 2.40. The number of anilines is 1. The molecule has 1 aromatic rings. The number of hydrogen-bond acceptors (Lipinski definition) is 4. The van der Waals surface area contributed by atoms with Crippen molar-refractivity contribution in [3.05, 3.63) is 29.0 Å². The third kappa shape index (κ3) is 4.58. The molecule has 146 valence electrons. The Bertz CT molecular complexity index is 751. The number of esters is 1. The first-order valence-electron chi connectivity index (χ1n) is 9.11. The van der Waals surface area contributed by atoms with Gasteiger partial charge in [0.2, 0.25) is 5.91 Å². The van der Waals surface area contributed by atoms with Crippen molar-refractivity contribution in [1.29, 1.82) is 0 Å². The first kappa shape index (κ1) is 19.6. The Balaban J connectivity index is 1.54. The van der Waals surface area contributed by atoms with E-state index in [1.54, 1.807) is 4.90 Å². The average Bonchev–Trinajstić information content (AvgIpc) is 3.26. The maximum absolute atomic E-state index is 13.1. The molecular formula is C19H22ClFN2O4. The summed E-state index contributed by atoms with van der Waals surface area (Å²) in [6.07, 6.45) is 3.22. The van der Waals surface area contributed by atoms with Crippen LogP contribution in [0.5, 0.6) is 0 Å². The van der Waals surface area contributed by atoms with Crippen LogP contribution in [0.2, 0.25) is 5.02 Å². The number of benzene rings is 1. The first-order chi connectivity index (χ1) is 12.8. The van der Waals surface area contributed by atoms with Crippen LogP contribution in [-0.4, -0.2) is 41.4 Å². The van der Waals surface area contributed by atoms with Gasteiger partial charge in [-0.15, -0.1) is 0 Å². The Morgan fingerprint density at radius 1 is 1.33 bits per heavy atom. The van der Waals surface area contributed by atoms with Gasteiger partial charge in [-0.05, 0) is 38.0 Å². The maximum Gasteiger partial charge on any atom is 0.312 e. The summed E-state index contributed by atoms with van der Waals surface area (Å²) in [5.74, 6) is -2.23. The van der Waals surface area contributed by atoms with Gasteiger partial charge < -0.3 is 15.0 Å². The molecular weight excluding hydrogens is 375 g/mol. The largest absolute Gasteiger partial charge is 0.452 e. The van der Waals surface area contributed by atoms with Gasteiger partial charge >= 0.3 is 5.97 Å². The van der Waals surface area contributed by atoms with E-state index in [4.69, 9.17) is 16.3 Å². The fraction of sp³-hybridized carbons (Fsp3) is 0.526. The molecule has 1 saturated heterocycles. The van der Waals surface area contributed by atoms with Crippen molar-refractivity contribution in [2.75, 3.05) is 11.9 Å². The van der Waals surface area contributed by atoms with Crippen molar-refractivity contribution in [1.82, 2.24) is 4.90 Å². The lowest BCUT2D eigenvalue weighted by atomic mass is 10.1. The van der Waals surface area contributed by atoms with Crippen molar-refractivity contribution < 1.29 is 23.5 Å². The number of halogens is 2. The van der Waals surface area contributed by atoms with Crippen LogP contribution < -0.4 is 5.32 Å². The van der Waals surface area contributed by atoms with Crippen LogP contribution in [0, 0.1) is 11.7 Å². The van der Waals surface area contributed by atoms with E-state index in [9.17, 15) is 18.8 Å². The Morgan fingerprint density at radius 2 is 2.04 bits per heavy atom. The SMILES string of the molecule is C[C@@H](OC(=O)[C@H]1CC(=O)N(C2CCCC2)C1)C(=O)Nc1ccc(F)cc1Cl. The summed E-state index contributed by atoms with van der Waals surface area (Å²) in [6, 6.07) is 3.80. The number of carbonyl (C=O) groups is 3. The number of ether oxygens (including phenoxy) is 1. The minimum Gasteiger partial charge on any atom is -0.452 e. The predicted molar refractivity (Wildman–Crippen MR) is 97.7 cm³/mol. The summed E-state index contributed by atoms with van der Waals surface area (Å²) in [5.41, 5.74) is 0.231. The van der Waals surface area contributed by atoms with Crippen LogP contribution in [0.3, 0.4) is 0 Å². The molecule has 1 aliphatic carbocycles. The number of likely N-dealkylation sites (tertiary alicyclic amines) is 1. The lowest BCUT2D eigenvalue weighted by Crippen LogP contribution is -2.36. The number of hydrogen-bond donors (Lipinski definition) is 1. The molecule has 8 heteroatoms. The fourth-order valence-electron chi connectivity index (χ4n) is 3.61. The van der Waals surface area contributed by atoms with Gasteiger partial charge in [-0.2, -0.15) is 0 Å². The standard InChI is InChI=1S/C19H22ClFN2O4/c1-11(18(25)22-16-7-6-13(21)9-15(16)20)27-19(26)12-8-17(24)23(10-12)14-4-2-3-5-14/h6-7,9,11-12,14H,2-5,8,10H2,1H3,(H,22,25)/t11-,12+/m1/s1. The highest BCUT2D eigenvalue weighted by Crippen LogP contribution is 2.30. The van der Waals surface area contributed by atoms with E-state index in [1.165, 1.54) is 19.1 Å². The van der Waals surface area contributed by atoms with Crippen molar-refractivity contribution >= 4 is 35.1 Å². The van der Waals surface area contributed by atoms with E-state index < -0.39 is 29.7 Å². The highest BCUT2D eigenvalue weighted by atomic mass is 35.5. The van der Waals surface area contributed by atoms with E-state index >= 15 is 0 Å². The number of carbonyl (C=O) groups excluding carboxylic acids is 3. The van der Waals surface area contributed by atoms with E-state index in [1.807, 2.05) is 0 Å². The minimum atomic E-state index is -1.06. The molecule has 0 aromatic heterocycles. The Kier molecular flexibility index (Phi) is 5.99. The molecule has 2 amide bonds.